The fraction of sp³-hybridized carbons (Fsp3) is 0.240. The number of ketones is 1. The lowest BCUT2D eigenvalue weighted by molar-refractivity contribution is 0.0982. The van der Waals surface area contributed by atoms with Crippen molar-refractivity contribution in [1.82, 2.24) is 0 Å². The fourth-order valence-electron chi connectivity index (χ4n) is 3.51. The Labute approximate surface area is 231 Å². The molecule has 0 saturated carbocycles. The van der Waals surface area contributed by atoms with Gasteiger partial charge in [-0.1, -0.05) is 18.2 Å². The molecule has 15 heteroatoms. The first kappa shape index (κ1) is 30.5. The first-order valence-electron chi connectivity index (χ1n) is 11.9. The summed E-state index contributed by atoms with van der Waals surface area (Å²) in [6.45, 7) is 1.34. The molecule has 0 aliphatic heterocycles. The van der Waals surface area contributed by atoms with Crippen molar-refractivity contribution in [3.63, 3.8) is 0 Å². The number of anilines is 2. The Morgan fingerprint density at radius 1 is 0.850 bits per heavy atom. The van der Waals surface area contributed by atoms with Crippen LogP contribution in [0, 0.1) is 6.92 Å². The van der Waals surface area contributed by atoms with Gasteiger partial charge in [-0.2, -0.15) is 18.6 Å². The van der Waals surface area contributed by atoms with E-state index < -0.39 is 37.1 Å². The second kappa shape index (κ2) is 12.9. The molecule has 0 heterocycles. The van der Waals surface area contributed by atoms with Gasteiger partial charge in [0.25, 0.3) is 10.1 Å². The Morgan fingerprint density at radius 2 is 1.50 bits per heavy atom. The highest BCUT2D eigenvalue weighted by Gasteiger charge is 2.22. The minimum Gasteiger partial charge on any atom is -0.396 e. The molecule has 40 heavy (non-hydrogen) atoms. The molecule has 6 N–H and O–H groups in total. The first-order chi connectivity index (χ1) is 18.8. The predicted octanol–water partition coefficient (Wildman–Crippen LogP) is 4.61. The van der Waals surface area contributed by atoms with E-state index in [9.17, 15) is 26.2 Å². The standard InChI is InChI=1S/C25H28N6O7S2/c1-16-5-2-3-6-19(16)29-31-25-23(26)20(15-22(24(25)27)40(36,37)38)30-28-18-10-8-17(9-11-18)21(33)7-4-13-39(34,35)14-12-32/h2-3,5-6,8-11,15,32H,4,7,12-14,26-27H2,1H3,(H,36,37,38). The molecule has 3 aromatic rings. The summed E-state index contributed by atoms with van der Waals surface area (Å²) < 4.78 is 56.9. The van der Waals surface area contributed by atoms with Gasteiger partial charge in [0.2, 0.25) is 0 Å². The third-order valence-electron chi connectivity index (χ3n) is 5.69. The van der Waals surface area contributed by atoms with Gasteiger partial charge in [0.05, 0.1) is 40.9 Å². The van der Waals surface area contributed by atoms with Crippen LogP contribution in [-0.4, -0.2) is 50.4 Å². The monoisotopic (exact) mass is 588 g/mol. The van der Waals surface area contributed by atoms with Crippen molar-refractivity contribution < 1.29 is 31.3 Å². The minimum absolute atomic E-state index is 0.00570. The second-order valence-corrected chi connectivity index (χ2v) is 12.4. The van der Waals surface area contributed by atoms with Gasteiger partial charge >= 0.3 is 0 Å². The van der Waals surface area contributed by atoms with Gasteiger partial charge in [0.1, 0.15) is 16.3 Å². The van der Waals surface area contributed by atoms with Crippen LogP contribution in [0.2, 0.25) is 0 Å². The largest absolute Gasteiger partial charge is 0.396 e. The molecule has 0 aromatic heterocycles. The van der Waals surface area contributed by atoms with Gasteiger partial charge in [-0.25, -0.2) is 8.42 Å². The lowest BCUT2D eigenvalue weighted by Crippen LogP contribution is -2.14. The number of nitrogens with zero attached hydrogens (tertiary/aromatic N) is 4. The molecule has 3 rings (SSSR count). The van der Waals surface area contributed by atoms with Crippen LogP contribution in [0.5, 0.6) is 0 Å². The first-order valence-corrected chi connectivity index (χ1v) is 15.1. The number of aliphatic hydroxyl groups is 1. The number of Topliss-reactive ketones (excluding diaryl/α,β-unsaturated/α-hetero) is 1. The van der Waals surface area contributed by atoms with Gasteiger partial charge in [0.15, 0.2) is 15.6 Å². The van der Waals surface area contributed by atoms with Crippen LogP contribution in [-0.2, 0) is 20.0 Å². The average molecular weight is 589 g/mol. The zero-order valence-corrected chi connectivity index (χ0v) is 23.1. The highest BCUT2D eigenvalue weighted by molar-refractivity contribution is 7.91. The van der Waals surface area contributed by atoms with Crippen LogP contribution < -0.4 is 11.5 Å². The van der Waals surface area contributed by atoms with Crippen molar-refractivity contribution in [2.24, 2.45) is 20.5 Å². The zero-order valence-electron chi connectivity index (χ0n) is 21.4. The molecule has 13 nitrogen and oxygen atoms in total. The van der Waals surface area contributed by atoms with E-state index in [0.717, 1.165) is 11.6 Å². The number of aryl methyl sites for hydroxylation is 1. The maximum absolute atomic E-state index is 12.4. The smallest absolute Gasteiger partial charge is 0.296 e. The summed E-state index contributed by atoms with van der Waals surface area (Å²) in [4.78, 5) is 11.7. The molecule has 0 saturated heterocycles. The zero-order chi connectivity index (χ0) is 29.5. The van der Waals surface area contributed by atoms with Crippen LogP contribution in [0.1, 0.15) is 28.8 Å². The summed E-state index contributed by atoms with van der Waals surface area (Å²) in [5.41, 5.74) is 13.1. The molecule has 0 atom stereocenters. The number of carbonyl (C=O) groups excluding carboxylic acids is 1. The number of aliphatic hydroxyl groups excluding tert-OH is 1. The fourth-order valence-corrected chi connectivity index (χ4v) is 5.21. The Hall–Kier alpha value is -4.05. The molecule has 0 fully saturated rings. The average Bonchev–Trinajstić information content (AvgIpc) is 2.88. The molecule has 0 radical (unpaired) electrons. The molecule has 0 aliphatic carbocycles. The minimum atomic E-state index is -4.78. The molecule has 0 amide bonds. The van der Waals surface area contributed by atoms with E-state index in [-0.39, 0.29) is 52.9 Å². The third-order valence-corrected chi connectivity index (χ3v) is 8.30. The summed E-state index contributed by atoms with van der Waals surface area (Å²) in [6, 6.07) is 13.9. The third kappa shape index (κ3) is 7.98. The van der Waals surface area contributed by atoms with Crippen LogP contribution in [0.25, 0.3) is 0 Å². The number of azo groups is 2. The molecule has 0 bridgehead atoms. The second-order valence-electron chi connectivity index (χ2n) is 8.68. The lowest BCUT2D eigenvalue weighted by atomic mass is 10.1. The van der Waals surface area contributed by atoms with Crippen molar-refractivity contribution in [3.8, 4) is 0 Å². The molecule has 212 valence electrons. The van der Waals surface area contributed by atoms with E-state index in [2.05, 4.69) is 20.5 Å². The highest BCUT2D eigenvalue weighted by atomic mass is 32.2. The number of carbonyl (C=O) groups is 1. The van der Waals surface area contributed by atoms with Gasteiger partial charge in [-0.3, -0.25) is 9.35 Å². The van der Waals surface area contributed by atoms with E-state index >= 15 is 0 Å². The lowest BCUT2D eigenvalue weighted by Gasteiger charge is -2.10. The maximum atomic E-state index is 12.4. The van der Waals surface area contributed by atoms with Gasteiger partial charge < -0.3 is 16.6 Å². The van der Waals surface area contributed by atoms with Crippen molar-refractivity contribution in [3.05, 3.63) is 65.7 Å². The SMILES string of the molecule is Cc1ccccc1N=Nc1c(N)c(N=Nc2ccc(C(=O)CCCS(=O)(=O)CCO)cc2)cc(S(=O)(=O)O)c1N. The van der Waals surface area contributed by atoms with Crippen molar-refractivity contribution in [2.75, 3.05) is 29.6 Å². The predicted molar refractivity (Wildman–Crippen MR) is 150 cm³/mol. The van der Waals surface area contributed by atoms with Crippen LogP contribution in [0.15, 0.2) is 79.9 Å². The summed E-state index contributed by atoms with van der Waals surface area (Å²) in [5, 5.41) is 24.9. The Balaban J connectivity index is 1.85. The molecule has 3 aromatic carbocycles. The van der Waals surface area contributed by atoms with Crippen molar-refractivity contribution in [2.45, 2.75) is 24.7 Å². The van der Waals surface area contributed by atoms with E-state index in [4.69, 9.17) is 16.6 Å². The van der Waals surface area contributed by atoms with Crippen LogP contribution in [0.3, 0.4) is 0 Å². The van der Waals surface area contributed by atoms with Crippen molar-refractivity contribution in [1.29, 1.82) is 0 Å². The number of nitrogen functional groups attached to an aromatic ring is 2. The maximum Gasteiger partial charge on any atom is 0.296 e. The summed E-state index contributed by atoms with van der Waals surface area (Å²) in [7, 11) is -8.18. The molecular formula is C25H28N6O7S2. The number of sulfone groups is 1. The van der Waals surface area contributed by atoms with E-state index in [1.807, 2.05) is 6.07 Å². The Morgan fingerprint density at radius 3 is 2.12 bits per heavy atom. The van der Waals surface area contributed by atoms with Crippen LogP contribution in [0.4, 0.5) is 34.1 Å². The van der Waals surface area contributed by atoms with Gasteiger partial charge in [0, 0.05) is 12.0 Å². The highest BCUT2D eigenvalue weighted by Crippen LogP contribution is 2.43. The number of hydrogen-bond donors (Lipinski definition) is 4. The van der Waals surface area contributed by atoms with Gasteiger partial charge in [-0.15, -0.1) is 10.2 Å². The number of benzene rings is 3. The molecule has 0 spiro atoms. The molecule has 0 aliphatic rings. The topological polar surface area (TPSA) is 227 Å². The Kier molecular flexibility index (Phi) is 9.81. The van der Waals surface area contributed by atoms with E-state index in [0.29, 0.717) is 11.3 Å². The summed E-state index contributed by atoms with van der Waals surface area (Å²) >= 11 is 0. The van der Waals surface area contributed by atoms with E-state index in [1.54, 1.807) is 25.1 Å². The van der Waals surface area contributed by atoms with Crippen molar-refractivity contribution >= 4 is 59.9 Å². The molecule has 0 unspecified atom stereocenters. The summed E-state index contributed by atoms with van der Waals surface area (Å²) in [5.74, 6) is -0.818. The number of rotatable bonds is 12. The number of hydrogen-bond acceptors (Lipinski definition) is 12. The number of nitrogens with two attached hydrogens (primary N) is 2. The summed E-state index contributed by atoms with van der Waals surface area (Å²) in [6.07, 6.45) is 0.129. The van der Waals surface area contributed by atoms with Gasteiger partial charge in [-0.05, 0) is 55.3 Å². The quantitative estimate of drug-likeness (QED) is 0.100. The Bertz CT molecular complexity index is 1670. The van der Waals surface area contributed by atoms with E-state index in [1.165, 1.54) is 24.3 Å². The normalized spacial score (nSPS) is 12.4. The molecular weight excluding hydrogens is 560 g/mol. The van der Waals surface area contributed by atoms with Crippen LogP contribution >= 0.6 is 0 Å².